The number of thioether (sulfide) groups is 1. The van der Waals surface area contributed by atoms with E-state index in [0.717, 1.165) is 42.2 Å². The maximum atomic E-state index is 12.8. The fraction of sp³-hybridized carbons (Fsp3) is 0.292. The SMILES string of the molecule is O=C(NCCN1C(=O)S/C(=C\c2ccc3c(c2)OCO3)C1=O)C1CCCc2ccccc21. The number of rotatable bonds is 5. The van der Waals surface area contributed by atoms with E-state index in [1.54, 1.807) is 18.2 Å². The molecule has 3 aliphatic rings. The Labute approximate surface area is 189 Å². The van der Waals surface area contributed by atoms with Crippen molar-refractivity contribution in [2.45, 2.75) is 25.2 Å². The molecule has 2 heterocycles. The maximum absolute atomic E-state index is 12.8. The highest BCUT2D eigenvalue weighted by Crippen LogP contribution is 2.36. The van der Waals surface area contributed by atoms with Gasteiger partial charge in [-0.05, 0) is 65.9 Å². The number of carbonyl (C=O) groups excluding carboxylic acids is 3. The third-order valence-electron chi connectivity index (χ3n) is 5.89. The molecule has 1 atom stereocenters. The quantitative estimate of drug-likeness (QED) is 0.700. The number of benzene rings is 2. The number of fused-ring (bicyclic) bond motifs is 2. The molecule has 1 aliphatic carbocycles. The lowest BCUT2D eigenvalue weighted by Crippen LogP contribution is -2.39. The van der Waals surface area contributed by atoms with Crippen LogP contribution in [0.3, 0.4) is 0 Å². The number of nitrogens with one attached hydrogen (secondary N) is 1. The summed E-state index contributed by atoms with van der Waals surface area (Å²) in [4.78, 5) is 39.4. The van der Waals surface area contributed by atoms with Crippen LogP contribution in [0.25, 0.3) is 6.08 Å². The number of nitrogens with zero attached hydrogens (tertiary/aromatic N) is 1. The molecule has 0 aromatic heterocycles. The van der Waals surface area contributed by atoms with Crippen molar-refractivity contribution < 1.29 is 23.9 Å². The van der Waals surface area contributed by atoms with Crippen molar-refractivity contribution in [1.29, 1.82) is 0 Å². The van der Waals surface area contributed by atoms with Crippen LogP contribution in [0.1, 0.15) is 35.4 Å². The lowest BCUT2D eigenvalue weighted by atomic mass is 9.82. The molecule has 8 heteroatoms. The highest BCUT2D eigenvalue weighted by molar-refractivity contribution is 8.18. The minimum absolute atomic E-state index is 0.0555. The van der Waals surface area contributed by atoms with E-state index in [4.69, 9.17) is 9.47 Å². The molecule has 0 radical (unpaired) electrons. The van der Waals surface area contributed by atoms with Crippen LogP contribution in [0.4, 0.5) is 4.79 Å². The molecule has 1 unspecified atom stereocenters. The molecule has 164 valence electrons. The first-order valence-electron chi connectivity index (χ1n) is 10.6. The molecule has 0 bridgehead atoms. The molecule has 32 heavy (non-hydrogen) atoms. The Hall–Kier alpha value is -3.26. The second kappa shape index (κ2) is 8.70. The molecular formula is C24H22N2O5S. The van der Waals surface area contributed by atoms with Crippen molar-refractivity contribution in [3.05, 3.63) is 64.1 Å². The minimum Gasteiger partial charge on any atom is -0.454 e. The zero-order valence-electron chi connectivity index (χ0n) is 17.3. The monoisotopic (exact) mass is 450 g/mol. The molecule has 0 spiro atoms. The number of carbonyl (C=O) groups is 3. The Balaban J connectivity index is 1.20. The van der Waals surface area contributed by atoms with E-state index in [-0.39, 0.29) is 42.9 Å². The van der Waals surface area contributed by atoms with Gasteiger partial charge in [-0.15, -0.1) is 0 Å². The van der Waals surface area contributed by atoms with Gasteiger partial charge in [0, 0.05) is 13.1 Å². The summed E-state index contributed by atoms with van der Waals surface area (Å²) in [5.41, 5.74) is 3.05. The largest absolute Gasteiger partial charge is 0.454 e. The first-order valence-corrected chi connectivity index (χ1v) is 11.4. The van der Waals surface area contributed by atoms with Gasteiger partial charge >= 0.3 is 0 Å². The summed E-state index contributed by atoms with van der Waals surface area (Å²) >= 11 is 0.901. The summed E-state index contributed by atoms with van der Waals surface area (Å²) in [6, 6.07) is 13.4. The topological polar surface area (TPSA) is 84.9 Å². The summed E-state index contributed by atoms with van der Waals surface area (Å²) in [7, 11) is 0. The van der Waals surface area contributed by atoms with Crippen LogP contribution >= 0.6 is 11.8 Å². The van der Waals surface area contributed by atoms with Gasteiger partial charge in [0.2, 0.25) is 12.7 Å². The molecule has 1 N–H and O–H groups in total. The van der Waals surface area contributed by atoms with Crippen molar-refractivity contribution in [3.8, 4) is 11.5 Å². The standard InChI is InChI=1S/C24H22N2O5S/c27-22(18-7-3-5-16-4-1-2-6-17(16)18)25-10-11-26-23(28)21(32-24(26)29)13-15-8-9-19-20(12-15)31-14-30-19/h1-2,4,6,8-9,12-13,18H,3,5,7,10-11,14H2,(H,25,27)/b21-13-. The number of imide groups is 1. The van der Waals surface area contributed by atoms with Gasteiger partial charge in [-0.1, -0.05) is 30.3 Å². The first kappa shape index (κ1) is 20.6. The summed E-state index contributed by atoms with van der Waals surface area (Å²) in [6.07, 6.45) is 4.45. The highest BCUT2D eigenvalue weighted by Gasteiger charge is 2.35. The molecule has 2 aromatic carbocycles. The van der Waals surface area contributed by atoms with E-state index >= 15 is 0 Å². The van der Waals surface area contributed by atoms with Gasteiger partial charge in [0.05, 0.1) is 10.8 Å². The Morgan fingerprint density at radius 3 is 2.91 bits per heavy atom. The van der Waals surface area contributed by atoms with E-state index in [2.05, 4.69) is 11.4 Å². The number of hydrogen-bond donors (Lipinski definition) is 1. The van der Waals surface area contributed by atoms with E-state index in [1.807, 2.05) is 24.3 Å². The van der Waals surface area contributed by atoms with Gasteiger partial charge in [0.15, 0.2) is 11.5 Å². The average Bonchev–Trinajstić information content (AvgIpc) is 3.38. The van der Waals surface area contributed by atoms with Crippen molar-refractivity contribution in [2.75, 3.05) is 19.9 Å². The van der Waals surface area contributed by atoms with E-state index in [0.29, 0.717) is 16.4 Å². The number of aryl methyl sites for hydroxylation is 1. The van der Waals surface area contributed by atoms with Crippen molar-refractivity contribution in [2.24, 2.45) is 0 Å². The third kappa shape index (κ3) is 3.98. The molecule has 2 aliphatic heterocycles. The molecule has 0 saturated carbocycles. The van der Waals surface area contributed by atoms with Gasteiger partial charge in [-0.2, -0.15) is 0 Å². The second-order valence-corrected chi connectivity index (χ2v) is 8.87. The first-order chi connectivity index (χ1) is 15.6. The maximum Gasteiger partial charge on any atom is 0.293 e. The molecule has 5 rings (SSSR count). The van der Waals surface area contributed by atoms with Crippen molar-refractivity contribution >= 4 is 34.9 Å². The second-order valence-electron chi connectivity index (χ2n) is 7.88. The molecule has 7 nitrogen and oxygen atoms in total. The fourth-order valence-corrected chi connectivity index (χ4v) is 5.15. The van der Waals surface area contributed by atoms with Crippen LogP contribution in [0.15, 0.2) is 47.4 Å². The summed E-state index contributed by atoms with van der Waals surface area (Å²) < 4.78 is 10.7. The van der Waals surface area contributed by atoms with Crippen molar-refractivity contribution in [1.82, 2.24) is 10.2 Å². The zero-order valence-corrected chi connectivity index (χ0v) is 18.2. The Morgan fingerprint density at radius 2 is 2.00 bits per heavy atom. The zero-order chi connectivity index (χ0) is 22.1. The normalized spacial score (nSPS) is 20.6. The minimum atomic E-state index is -0.352. The molecule has 1 fully saturated rings. The highest BCUT2D eigenvalue weighted by atomic mass is 32.2. The van der Waals surface area contributed by atoms with Gasteiger partial charge < -0.3 is 14.8 Å². The molecule has 1 saturated heterocycles. The molecule has 3 amide bonds. The van der Waals surface area contributed by atoms with Crippen LogP contribution in [0.2, 0.25) is 0 Å². The van der Waals surface area contributed by atoms with Crippen LogP contribution in [0, 0.1) is 0 Å². The smallest absolute Gasteiger partial charge is 0.293 e. The van der Waals surface area contributed by atoms with Gasteiger partial charge in [0.25, 0.3) is 11.1 Å². The van der Waals surface area contributed by atoms with Crippen LogP contribution in [0.5, 0.6) is 11.5 Å². The predicted octanol–water partition coefficient (Wildman–Crippen LogP) is 3.69. The van der Waals surface area contributed by atoms with Gasteiger partial charge in [-0.25, -0.2) is 0 Å². The third-order valence-corrected chi connectivity index (χ3v) is 6.80. The number of hydrogen-bond acceptors (Lipinski definition) is 6. The van der Waals surface area contributed by atoms with E-state index in [9.17, 15) is 14.4 Å². The fourth-order valence-electron chi connectivity index (χ4n) is 4.29. The summed E-state index contributed by atoms with van der Waals surface area (Å²) in [5, 5.41) is 2.58. The number of amides is 3. The van der Waals surface area contributed by atoms with E-state index < -0.39 is 0 Å². The molecule has 2 aromatic rings. The van der Waals surface area contributed by atoms with Crippen LogP contribution in [-0.2, 0) is 16.0 Å². The van der Waals surface area contributed by atoms with E-state index in [1.165, 1.54) is 10.5 Å². The number of ether oxygens (including phenoxy) is 2. The van der Waals surface area contributed by atoms with Gasteiger partial charge in [0.1, 0.15) is 0 Å². The lowest BCUT2D eigenvalue weighted by molar-refractivity contribution is -0.125. The van der Waals surface area contributed by atoms with Crippen LogP contribution in [-0.4, -0.2) is 41.8 Å². The summed E-state index contributed by atoms with van der Waals surface area (Å²) in [6.45, 7) is 0.545. The summed E-state index contributed by atoms with van der Waals surface area (Å²) in [5.74, 6) is 0.687. The van der Waals surface area contributed by atoms with Gasteiger partial charge in [-0.3, -0.25) is 19.3 Å². The predicted molar refractivity (Wildman–Crippen MR) is 120 cm³/mol. The molecular weight excluding hydrogens is 428 g/mol. The van der Waals surface area contributed by atoms with Crippen LogP contribution < -0.4 is 14.8 Å². The van der Waals surface area contributed by atoms with Crippen molar-refractivity contribution in [3.63, 3.8) is 0 Å². The Morgan fingerprint density at radius 1 is 1.16 bits per heavy atom. The lowest BCUT2D eigenvalue weighted by Gasteiger charge is -2.25. The Kier molecular flexibility index (Phi) is 5.61. The average molecular weight is 451 g/mol. The Bertz CT molecular complexity index is 1130.